The Labute approximate surface area is 209 Å². The van der Waals surface area contributed by atoms with E-state index in [0.717, 1.165) is 30.5 Å². The summed E-state index contributed by atoms with van der Waals surface area (Å²) in [5.41, 5.74) is 1.62. The van der Waals surface area contributed by atoms with Crippen LogP contribution in [-0.2, 0) is 10.0 Å². The molecule has 0 bridgehead atoms. The predicted molar refractivity (Wildman–Crippen MR) is 139 cm³/mol. The summed E-state index contributed by atoms with van der Waals surface area (Å²) in [7, 11) is -2.03. The van der Waals surface area contributed by atoms with Crippen LogP contribution in [0.25, 0.3) is 0 Å². The van der Waals surface area contributed by atoms with Gasteiger partial charge in [0.15, 0.2) is 20.0 Å². The van der Waals surface area contributed by atoms with Crippen LogP contribution in [0.4, 0.5) is 0 Å². The summed E-state index contributed by atoms with van der Waals surface area (Å²) in [6, 6.07) is 20.0. The molecule has 0 amide bonds. The fraction of sp³-hybridized carbons (Fsp3) is 0.536. The molecule has 4 rings (SSSR count). The summed E-state index contributed by atoms with van der Waals surface area (Å²) >= 11 is 0. The Bertz CT molecular complexity index is 998. The molecule has 35 heavy (non-hydrogen) atoms. The van der Waals surface area contributed by atoms with Crippen LogP contribution in [0.5, 0.6) is 0 Å². The standard InChI is InChI=1S/C28H38N2O4Si/c1-21-22(17-18-25(31)27(21)30(32)33)20-29-19-11-16-26(29)28(34-35(2,3)4,23-12-7-5-8-13-23)24-14-9-6-10-15-24/h5-10,12-15,20-22,25-27H,11,16-19H2,1-4H3/t21-,22+,25-,26+,27+/m1/s1. The van der Waals surface area contributed by atoms with Gasteiger partial charge in [0.25, 0.3) is 0 Å². The maximum Gasteiger partial charge on any atom is 0.204 e. The van der Waals surface area contributed by atoms with E-state index in [9.17, 15) is 15.2 Å². The molecule has 0 unspecified atom stereocenters. The lowest BCUT2D eigenvalue weighted by molar-refractivity contribution is -0.598. The van der Waals surface area contributed by atoms with Crippen molar-refractivity contribution in [1.82, 2.24) is 0 Å². The molecule has 5 atom stereocenters. The van der Waals surface area contributed by atoms with Crippen LogP contribution in [0.15, 0.2) is 60.7 Å². The highest BCUT2D eigenvalue weighted by molar-refractivity contribution is 6.69. The zero-order valence-corrected chi connectivity index (χ0v) is 22.3. The van der Waals surface area contributed by atoms with Gasteiger partial charge in [0.2, 0.25) is 6.04 Å². The molecule has 0 spiro atoms. The van der Waals surface area contributed by atoms with E-state index in [1.54, 1.807) is 0 Å². The van der Waals surface area contributed by atoms with E-state index < -0.39 is 26.1 Å². The number of hydrogen-bond acceptors (Lipinski definition) is 4. The molecule has 2 aromatic rings. The summed E-state index contributed by atoms with van der Waals surface area (Å²) < 4.78 is 9.62. The molecule has 188 valence electrons. The van der Waals surface area contributed by atoms with Crippen molar-refractivity contribution in [3.63, 3.8) is 0 Å². The highest BCUT2D eigenvalue weighted by atomic mass is 28.4. The molecule has 2 aromatic carbocycles. The topological polar surface area (TPSA) is 78.4 Å². The number of nitro groups is 1. The maximum atomic E-state index is 12.4. The highest BCUT2D eigenvalue weighted by Gasteiger charge is 2.54. The summed E-state index contributed by atoms with van der Waals surface area (Å²) in [5, 5.41) is 24.0. The molecule has 6 nitrogen and oxygen atoms in total. The second-order valence-electron chi connectivity index (χ2n) is 11.1. The second-order valence-corrected chi connectivity index (χ2v) is 15.6. The molecule has 1 aliphatic carbocycles. The van der Waals surface area contributed by atoms with Crippen LogP contribution in [-0.4, -0.2) is 48.8 Å². The van der Waals surface area contributed by atoms with Crippen LogP contribution in [0.3, 0.4) is 0 Å². The minimum absolute atomic E-state index is 0.00679. The third-order valence-corrected chi connectivity index (χ3v) is 8.58. The van der Waals surface area contributed by atoms with Gasteiger partial charge in [-0.25, -0.2) is 4.58 Å². The van der Waals surface area contributed by atoms with Crippen molar-refractivity contribution in [2.45, 2.75) is 76.0 Å². The summed E-state index contributed by atoms with van der Waals surface area (Å²) in [6.07, 6.45) is 4.14. The average molecular weight is 495 g/mol. The molecule has 0 aromatic heterocycles. The van der Waals surface area contributed by atoms with Gasteiger partial charge >= 0.3 is 0 Å². The molecule has 1 heterocycles. The quantitative estimate of drug-likeness (QED) is 0.247. The first-order valence-corrected chi connectivity index (χ1v) is 16.3. The van der Waals surface area contributed by atoms with Crippen LogP contribution in [0, 0.1) is 22.0 Å². The fourth-order valence-electron chi connectivity index (χ4n) is 6.16. The Morgan fingerprint density at radius 2 is 1.57 bits per heavy atom. The van der Waals surface area contributed by atoms with E-state index in [4.69, 9.17) is 4.43 Å². The maximum absolute atomic E-state index is 12.4. The molecule has 1 saturated carbocycles. The zero-order valence-electron chi connectivity index (χ0n) is 21.3. The van der Waals surface area contributed by atoms with Crippen LogP contribution < -0.4 is 5.11 Å². The first-order chi connectivity index (χ1) is 16.6. The van der Waals surface area contributed by atoms with E-state index in [-0.39, 0.29) is 22.8 Å². The highest BCUT2D eigenvalue weighted by Crippen LogP contribution is 2.44. The molecule has 1 aliphatic heterocycles. The zero-order chi connectivity index (χ0) is 25.2. The fourth-order valence-corrected chi connectivity index (χ4v) is 7.50. The molecule has 2 aliphatic rings. The van der Waals surface area contributed by atoms with Gasteiger partial charge in [0, 0.05) is 29.6 Å². The van der Waals surface area contributed by atoms with Gasteiger partial charge < -0.3 is 9.53 Å². The van der Waals surface area contributed by atoms with Crippen LogP contribution in [0.2, 0.25) is 19.6 Å². The molecule has 0 N–H and O–H groups in total. The van der Waals surface area contributed by atoms with Gasteiger partial charge in [-0.15, -0.1) is 0 Å². The number of hydrogen-bond donors (Lipinski definition) is 0. The Morgan fingerprint density at radius 3 is 2.09 bits per heavy atom. The third-order valence-electron chi connectivity index (χ3n) is 7.64. The van der Waals surface area contributed by atoms with Crippen molar-refractivity contribution in [3.8, 4) is 0 Å². The Balaban J connectivity index is 1.83. The van der Waals surface area contributed by atoms with Crippen molar-refractivity contribution < 1.29 is 19.0 Å². The minimum atomic E-state index is -2.03. The lowest BCUT2D eigenvalue weighted by Gasteiger charge is -2.42. The van der Waals surface area contributed by atoms with E-state index >= 15 is 0 Å². The Kier molecular flexibility index (Phi) is 7.59. The largest absolute Gasteiger partial charge is 0.847 e. The second kappa shape index (κ2) is 10.3. The average Bonchev–Trinajstić information content (AvgIpc) is 3.28. The lowest BCUT2D eigenvalue weighted by Crippen LogP contribution is -2.54. The third kappa shape index (κ3) is 5.27. The van der Waals surface area contributed by atoms with E-state index in [0.29, 0.717) is 12.8 Å². The normalized spacial score (nSPS) is 28.8. The molecule has 7 heteroatoms. The van der Waals surface area contributed by atoms with Crippen molar-refractivity contribution in [2.24, 2.45) is 11.8 Å². The molecular weight excluding hydrogens is 456 g/mol. The minimum Gasteiger partial charge on any atom is -0.847 e. The summed E-state index contributed by atoms with van der Waals surface area (Å²) in [5.74, 6) is -0.282. The van der Waals surface area contributed by atoms with E-state index in [1.807, 2.05) is 19.1 Å². The van der Waals surface area contributed by atoms with Crippen molar-refractivity contribution in [2.75, 3.05) is 6.54 Å². The Hall–Kier alpha value is -2.35. The molecule has 2 fully saturated rings. The summed E-state index contributed by atoms with van der Waals surface area (Å²) in [4.78, 5) is 11.3. The van der Waals surface area contributed by atoms with Gasteiger partial charge in [-0.1, -0.05) is 80.1 Å². The van der Waals surface area contributed by atoms with Crippen molar-refractivity contribution in [1.29, 1.82) is 0 Å². The van der Waals surface area contributed by atoms with E-state index in [1.165, 1.54) is 0 Å². The number of benzene rings is 2. The Morgan fingerprint density at radius 1 is 1.00 bits per heavy atom. The summed E-state index contributed by atoms with van der Waals surface area (Å²) in [6.45, 7) is 9.46. The van der Waals surface area contributed by atoms with Gasteiger partial charge in [-0.3, -0.25) is 10.1 Å². The van der Waals surface area contributed by atoms with E-state index in [2.05, 4.69) is 79.0 Å². The van der Waals surface area contributed by atoms with Crippen LogP contribution >= 0.6 is 0 Å². The monoisotopic (exact) mass is 494 g/mol. The number of rotatable bonds is 7. The smallest absolute Gasteiger partial charge is 0.204 e. The lowest BCUT2D eigenvalue weighted by atomic mass is 9.75. The first kappa shape index (κ1) is 25.7. The molecule has 0 radical (unpaired) electrons. The van der Waals surface area contributed by atoms with Gasteiger partial charge in [-0.05, 0) is 37.2 Å². The number of nitrogens with zero attached hydrogens (tertiary/aromatic N) is 2. The van der Waals surface area contributed by atoms with Crippen LogP contribution in [0.1, 0.15) is 43.7 Å². The first-order valence-electron chi connectivity index (χ1n) is 12.8. The SMILES string of the molecule is C[C@H]1[C@H]([N+](=O)[O-])[C@H]([O-])CC[C@H]1C=[N+]1CCC[C@H]1C(O[Si](C)(C)C)(c1ccccc1)c1ccccc1. The van der Waals surface area contributed by atoms with Gasteiger partial charge in [0.05, 0.1) is 0 Å². The van der Waals surface area contributed by atoms with Gasteiger partial charge in [0.1, 0.15) is 12.8 Å². The van der Waals surface area contributed by atoms with Crippen molar-refractivity contribution in [3.05, 3.63) is 81.9 Å². The predicted octanol–water partition coefficient (Wildman–Crippen LogP) is 4.45. The molecular formula is C28H38N2O4Si. The van der Waals surface area contributed by atoms with Crippen molar-refractivity contribution >= 4 is 14.5 Å². The molecule has 1 saturated heterocycles. The van der Waals surface area contributed by atoms with Gasteiger partial charge in [-0.2, -0.15) is 0 Å².